The molecular weight excluding hydrogens is 365 g/mol. The summed E-state index contributed by atoms with van der Waals surface area (Å²) in [6, 6.07) is 7.97. The Kier molecular flexibility index (Phi) is 4.59. The number of aromatic carboxylic acids is 1. The number of carboxylic acid groups (broad SMARTS) is 1. The van der Waals surface area contributed by atoms with E-state index in [4.69, 9.17) is 5.11 Å². The highest BCUT2D eigenvalue weighted by Gasteiger charge is 2.13. The molecule has 1 N–H and O–H groups in total. The summed E-state index contributed by atoms with van der Waals surface area (Å²) < 4.78 is 13.8. The van der Waals surface area contributed by atoms with E-state index in [2.05, 4.69) is 15.9 Å². The highest BCUT2D eigenvalue weighted by molar-refractivity contribution is 9.10. The lowest BCUT2D eigenvalue weighted by Crippen LogP contribution is -2.00. The Hall–Kier alpha value is -1.93. The zero-order valence-corrected chi connectivity index (χ0v) is 12.6. The van der Waals surface area contributed by atoms with Crippen LogP contribution in [0.25, 0.3) is 0 Å². The highest BCUT2D eigenvalue weighted by Crippen LogP contribution is 2.36. The van der Waals surface area contributed by atoms with Crippen LogP contribution in [0, 0.1) is 15.9 Å². The summed E-state index contributed by atoms with van der Waals surface area (Å²) in [5, 5.41) is 19.5. The molecule has 21 heavy (non-hydrogen) atoms. The Bertz CT molecular complexity index is 738. The van der Waals surface area contributed by atoms with E-state index in [0.29, 0.717) is 14.3 Å². The van der Waals surface area contributed by atoms with Crippen molar-refractivity contribution in [3.8, 4) is 0 Å². The average Bonchev–Trinajstić information content (AvgIpc) is 2.42. The largest absolute Gasteiger partial charge is 0.478 e. The van der Waals surface area contributed by atoms with Crippen LogP contribution in [0.4, 0.5) is 10.1 Å². The molecule has 8 heteroatoms. The van der Waals surface area contributed by atoms with Crippen molar-refractivity contribution in [2.24, 2.45) is 0 Å². The molecule has 0 amide bonds. The van der Waals surface area contributed by atoms with E-state index in [1.54, 1.807) is 0 Å². The zero-order chi connectivity index (χ0) is 15.6. The van der Waals surface area contributed by atoms with Crippen LogP contribution in [0.3, 0.4) is 0 Å². The van der Waals surface area contributed by atoms with Gasteiger partial charge in [0.2, 0.25) is 0 Å². The van der Waals surface area contributed by atoms with Crippen LogP contribution < -0.4 is 0 Å². The van der Waals surface area contributed by atoms with Crippen molar-refractivity contribution in [2.75, 3.05) is 0 Å². The van der Waals surface area contributed by atoms with Crippen LogP contribution in [0.1, 0.15) is 10.4 Å². The molecule has 0 heterocycles. The molecule has 2 rings (SSSR count). The molecule has 2 aromatic rings. The summed E-state index contributed by atoms with van der Waals surface area (Å²) >= 11 is 4.39. The molecule has 0 saturated carbocycles. The van der Waals surface area contributed by atoms with Gasteiger partial charge >= 0.3 is 5.97 Å². The van der Waals surface area contributed by atoms with Gasteiger partial charge in [0.25, 0.3) is 5.69 Å². The summed E-state index contributed by atoms with van der Waals surface area (Å²) in [4.78, 5) is 22.2. The minimum absolute atomic E-state index is 0.0587. The fourth-order valence-corrected chi connectivity index (χ4v) is 3.01. The maximum atomic E-state index is 13.3. The molecule has 0 saturated heterocycles. The molecule has 0 aromatic heterocycles. The first-order valence-corrected chi connectivity index (χ1v) is 7.14. The van der Waals surface area contributed by atoms with Gasteiger partial charge in [-0.3, -0.25) is 10.1 Å². The number of nitrogens with zero attached hydrogens (tertiary/aromatic N) is 1. The summed E-state index contributed by atoms with van der Waals surface area (Å²) in [6.07, 6.45) is 0. The van der Waals surface area contributed by atoms with Crippen LogP contribution in [0.2, 0.25) is 0 Å². The van der Waals surface area contributed by atoms with E-state index in [-0.39, 0.29) is 5.69 Å². The molecule has 0 fully saturated rings. The first-order chi connectivity index (χ1) is 9.88. The first-order valence-electron chi connectivity index (χ1n) is 5.53. The zero-order valence-electron chi connectivity index (χ0n) is 10.2. The molecule has 2 aromatic carbocycles. The molecule has 0 unspecified atom stereocenters. The molecular formula is C13H7BrFNO4S. The lowest BCUT2D eigenvalue weighted by Gasteiger charge is -2.06. The van der Waals surface area contributed by atoms with E-state index >= 15 is 0 Å². The Balaban J connectivity index is 2.32. The molecule has 0 bridgehead atoms. The topological polar surface area (TPSA) is 80.4 Å². The molecule has 0 aliphatic rings. The van der Waals surface area contributed by atoms with Crippen molar-refractivity contribution in [2.45, 2.75) is 9.79 Å². The van der Waals surface area contributed by atoms with Crippen molar-refractivity contribution in [3.63, 3.8) is 0 Å². The molecule has 0 atom stereocenters. The number of hydrogen-bond acceptors (Lipinski definition) is 4. The SMILES string of the molecule is O=C(O)c1cc(Sc2ccc([N+](=O)[O-])cc2Br)ccc1F. The van der Waals surface area contributed by atoms with Crippen LogP contribution in [0.15, 0.2) is 50.7 Å². The fraction of sp³-hybridized carbons (Fsp3) is 0. The van der Waals surface area contributed by atoms with Crippen LogP contribution in [0.5, 0.6) is 0 Å². The number of nitro groups is 1. The quantitative estimate of drug-likeness (QED) is 0.638. The first kappa shape index (κ1) is 15.5. The van der Waals surface area contributed by atoms with Gasteiger partial charge in [0, 0.05) is 26.4 Å². The molecule has 0 radical (unpaired) electrons. The maximum absolute atomic E-state index is 13.3. The van der Waals surface area contributed by atoms with Crippen molar-refractivity contribution >= 4 is 39.3 Å². The average molecular weight is 372 g/mol. The number of rotatable bonds is 4. The third-order valence-corrected chi connectivity index (χ3v) is 4.51. The lowest BCUT2D eigenvalue weighted by molar-refractivity contribution is -0.385. The Morgan fingerprint density at radius 2 is 2.00 bits per heavy atom. The predicted octanol–water partition coefficient (Wildman–Crippen LogP) is 4.35. The van der Waals surface area contributed by atoms with Crippen molar-refractivity contribution in [1.82, 2.24) is 0 Å². The van der Waals surface area contributed by atoms with Gasteiger partial charge in [0.05, 0.1) is 10.5 Å². The standard InChI is InChI=1S/C13H7BrFNO4S/c14-10-5-7(16(19)20)1-4-12(10)21-8-2-3-11(15)9(6-8)13(17)18/h1-6H,(H,17,18). The predicted molar refractivity (Wildman–Crippen MR) is 78.3 cm³/mol. The Labute approximate surface area is 131 Å². The molecule has 0 aliphatic carbocycles. The van der Waals surface area contributed by atoms with E-state index in [1.165, 1.54) is 42.1 Å². The van der Waals surface area contributed by atoms with Crippen molar-refractivity contribution in [3.05, 3.63) is 62.4 Å². The normalized spacial score (nSPS) is 10.4. The second-order valence-electron chi connectivity index (χ2n) is 3.92. The molecule has 5 nitrogen and oxygen atoms in total. The second-order valence-corrected chi connectivity index (χ2v) is 5.89. The number of carboxylic acids is 1. The second kappa shape index (κ2) is 6.23. The summed E-state index contributed by atoms with van der Waals surface area (Å²) in [7, 11) is 0. The minimum Gasteiger partial charge on any atom is -0.478 e. The van der Waals surface area contributed by atoms with Gasteiger partial charge in [-0.25, -0.2) is 9.18 Å². The van der Waals surface area contributed by atoms with Gasteiger partial charge in [-0.05, 0) is 40.2 Å². The molecule has 108 valence electrons. The van der Waals surface area contributed by atoms with Crippen LogP contribution in [-0.2, 0) is 0 Å². The highest BCUT2D eigenvalue weighted by atomic mass is 79.9. The minimum atomic E-state index is -1.35. The Morgan fingerprint density at radius 1 is 1.29 bits per heavy atom. The number of hydrogen-bond donors (Lipinski definition) is 1. The third kappa shape index (κ3) is 3.59. The van der Waals surface area contributed by atoms with Crippen LogP contribution >= 0.6 is 27.7 Å². The van der Waals surface area contributed by atoms with Crippen LogP contribution in [-0.4, -0.2) is 16.0 Å². The van der Waals surface area contributed by atoms with Gasteiger partial charge in [-0.1, -0.05) is 11.8 Å². The van der Waals surface area contributed by atoms with Gasteiger partial charge in [0.15, 0.2) is 0 Å². The van der Waals surface area contributed by atoms with E-state index in [1.807, 2.05) is 0 Å². The fourth-order valence-electron chi connectivity index (χ4n) is 1.54. The summed E-state index contributed by atoms with van der Waals surface area (Å²) in [5.41, 5.74) is -0.477. The van der Waals surface area contributed by atoms with Gasteiger partial charge < -0.3 is 5.11 Å². The smallest absolute Gasteiger partial charge is 0.338 e. The summed E-state index contributed by atoms with van der Waals surface area (Å²) in [5.74, 6) is -2.16. The van der Waals surface area contributed by atoms with E-state index < -0.39 is 22.3 Å². The van der Waals surface area contributed by atoms with E-state index in [0.717, 1.165) is 6.07 Å². The Morgan fingerprint density at radius 3 is 2.57 bits per heavy atom. The number of nitro benzene ring substituents is 1. The number of carbonyl (C=O) groups is 1. The van der Waals surface area contributed by atoms with Gasteiger partial charge in [-0.2, -0.15) is 0 Å². The van der Waals surface area contributed by atoms with Gasteiger partial charge in [0.1, 0.15) is 5.82 Å². The molecule has 0 spiro atoms. The van der Waals surface area contributed by atoms with Crippen molar-refractivity contribution < 1.29 is 19.2 Å². The van der Waals surface area contributed by atoms with E-state index in [9.17, 15) is 19.3 Å². The number of benzene rings is 2. The maximum Gasteiger partial charge on any atom is 0.338 e. The monoisotopic (exact) mass is 371 g/mol. The van der Waals surface area contributed by atoms with Crippen molar-refractivity contribution in [1.29, 1.82) is 0 Å². The third-order valence-electron chi connectivity index (χ3n) is 2.52. The van der Waals surface area contributed by atoms with Gasteiger partial charge in [-0.15, -0.1) is 0 Å². The number of non-ortho nitro benzene ring substituents is 1. The lowest BCUT2D eigenvalue weighted by atomic mass is 10.2. The summed E-state index contributed by atoms with van der Waals surface area (Å²) in [6.45, 7) is 0. The number of halogens is 2. The molecule has 0 aliphatic heterocycles.